The van der Waals surface area contributed by atoms with Crippen molar-refractivity contribution < 1.29 is 9.90 Å². The summed E-state index contributed by atoms with van der Waals surface area (Å²) in [7, 11) is 0. The molecule has 3 aromatic heterocycles. The first-order valence-corrected chi connectivity index (χ1v) is 10.0. The van der Waals surface area contributed by atoms with Crippen LogP contribution in [0.25, 0.3) is 22.3 Å². The Morgan fingerprint density at radius 2 is 2.13 bits per heavy atom. The number of nitrogens with zero attached hydrogens (tertiary/aromatic N) is 7. The molecule has 0 unspecified atom stereocenters. The van der Waals surface area contributed by atoms with E-state index in [1.807, 2.05) is 23.1 Å². The molecular weight excluding hydrogens is 384 g/mol. The molecule has 3 aromatic rings. The molecule has 0 bridgehead atoms. The van der Waals surface area contributed by atoms with Gasteiger partial charge in [-0.25, -0.2) is 14.8 Å². The Bertz CT molecular complexity index is 1120. The van der Waals surface area contributed by atoms with Gasteiger partial charge in [-0.2, -0.15) is 10.4 Å². The highest BCUT2D eigenvalue weighted by Gasteiger charge is 2.48. The van der Waals surface area contributed by atoms with Crippen molar-refractivity contribution in [2.24, 2.45) is 0 Å². The van der Waals surface area contributed by atoms with E-state index in [1.165, 1.54) is 11.2 Å². The molecule has 2 fully saturated rings. The fourth-order valence-corrected chi connectivity index (χ4v) is 4.68. The van der Waals surface area contributed by atoms with Crippen LogP contribution in [0.4, 0.5) is 4.79 Å². The lowest BCUT2D eigenvalue weighted by atomic mass is 9.84. The summed E-state index contributed by atoms with van der Waals surface area (Å²) in [5.41, 5.74) is 2.13. The minimum Gasteiger partial charge on any atom is -0.465 e. The zero-order chi connectivity index (χ0) is 20.7. The normalized spacial score (nSPS) is 19.5. The molecule has 10 nitrogen and oxygen atoms in total. The number of likely N-dealkylation sites (tertiary alicyclic amines) is 2. The number of piperidine rings is 1. The fraction of sp³-hybridized carbons (Fsp3) is 0.450. The van der Waals surface area contributed by atoms with Crippen molar-refractivity contribution in [3.05, 3.63) is 31.0 Å². The molecule has 5 rings (SSSR count). The lowest BCUT2D eigenvalue weighted by Gasteiger charge is -2.53. The van der Waals surface area contributed by atoms with E-state index in [9.17, 15) is 10.1 Å². The van der Waals surface area contributed by atoms with E-state index in [0.717, 1.165) is 48.2 Å². The fourth-order valence-electron chi connectivity index (χ4n) is 4.68. The maximum atomic E-state index is 11.1. The number of nitrogens with one attached hydrogen (secondary N) is 1. The maximum Gasteiger partial charge on any atom is 0.407 e. The quantitative estimate of drug-likeness (QED) is 0.677. The average molecular weight is 406 g/mol. The molecule has 10 heteroatoms. The van der Waals surface area contributed by atoms with Crippen molar-refractivity contribution in [3.8, 4) is 17.3 Å². The largest absolute Gasteiger partial charge is 0.465 e. The van der Waals surface area contributed by atoms with E-state index in [2.05, 4.69) is 31.0 Å². The van der Waals surface area contributed by atoms with Gasteiger partial charge in [0.1, 0.15) is 17.5 Å². The molecule has 5 heterocycles. The monoisotopic (exact) mass is 406 g/mol. The maximum absolute atomic E-state index is 11.1. The highest BCUT2D eigenvalue weighted by molar-refractivity contribution is 5.89. The van der Waals surface area contributed by atoms with Gasteiger partial charge in [-0.15, -0.1) is 0 Å². The van der Waals surface area contributed by atoms with E-state index in [4.69, 9.17) is 5.11 Å². The Morgan fingerprint density at radius 3 is 2.87 bits per heavy atom. The Morgan fingerprint density at radius 1 is 1.33 bits per heavy atom. The van der Waals surface area contributed by atoms with Gasteiger partial charge < -0.3 is 15.0 Å². The van der Waals surface area contributed by atoms with Crippen molar-refractivity contribution in [1.29, 1.82) is 5.26 Å². The van der Waals surface area contributed by atoms with Crippen LogP contribution in [-0.2, 0) is 5.54 Å². The molecule has 1 amide bonds. The van der Waals surface area contributed by atoms with Gasteiger partial charge in [0.15, 0.2) is 0 Å². The van der Waals surface area contributed by atoms with E-state index < -0.39 is 6.09 Å². The van der Waals surface area contributed by atoms with Crippen LogP contribution < -0.4 is 0 Å². The number of aromatic amines is 1. The number of nitriles is 1. The van der Waals surface area contributed by atoms with Crippen molar-refractivity contribution in [2.45, 2.75) is 30.8 Å². The van der Waals surface area contributed by atoms with Crippen LogP contribution in [0, 0.1) is 11.3 Å². The molecule has 0 spiro atoms. The highest BCUT2D eigenvalue weighted by Crippen LogP contribution is 2.37. The standard InChI is InChI=1S/C20H22N8O2/c21-5-4-20(11-27(12-20)15-2-7-26(8-3-15)19(29)30)28-10-14(9-25-28)17-16-1-6-22-18(16)24-13-23-17/h1,6,9-10,13,15H,2-4,7-8,11-12H2,(H,29,30)(H,22,23,24). The molecule has 2 aliphatic heterocycles. The third-order valence-electron chi connectivity index (χ3n) is 6.35. The molecule has 0 atom stereocenters. The van der Waals surface area contributed by atoms with E-state index >= 15 is 0 Å². The summed E-state index contributed by atoms with van der Waals surface area (Å²) in [6, 6.07) is 4.62. The number of rotatable bonds is 4. The topological polar surface area (TPSA) is 127 Å². The van der Waals surface area contributed by atoms with E-state index in [0.29, 0.717) is 25.6 Å². The number of hydrogen-bond donors (Lipinski definition) is 2. The molecule has 0 aromatic carbocycles. The number of aromatic nitrogens is 5. The van der Waals surface area contributed by atoms with Crippen molar-refractivity contribution in [1.82, 2.24) is 34.5 Å². The first-order chi connectivity index (χ1) is 14.6. The zero-order valence-electron chi connectivity index (χ0n) is 16.4. The van der Waals surface area contributed by atoms with Gasteiger partial charge in [-0.05, 0) is 18.9 Å². The molecule has 0 aliphatic carbocycles. The van der Waals surface area contributed by atoms with Crippen LogP contribution in [0.1, 0.15) is 19.3 Å². The number of carboxylic acid groups (broad SMARTS) is 1. The number of hydrogen-bond acceptors (Lipinski definition) is 6. The van der Waals surface area contributed by atoms with Crippen LogP contribution in [-0.4, -0.2) is 78.0 Å². The first kappa shape index (κ1) is 18.6. The predicted octanol–water partition coefficient (Wildman–Crippen LogP) is 1.89. The third-order valence-corrected chi connectivity index (χ3v) is 6.35. The molecule has 2 N–H and O–H groups in total. The lowest BCUT2D eigenvalue weighted by molar-refractivity contribution is -0.0414. The number of amides is 1. The molecular formula is C20H22N8O2. The molecule has 2 aliphatic rings. The third kappa shape index (κ3) is 2.98. The molecule has 30 heavy (non-hydrogen) atoms. The van der Waals surface area contributed by atoms with Gasteiger partial charge in [0.05, 0.1) is 24.4 Å². The Kier molecular flexibility index (Phi) is 4.40. The van der Waals surface area contributed by atoms with Gasteiger partial charge >= 0.3 is 6.09 Å². The highest BCUT2D eigenvalue weighted by atomic mass is 16.4. The number of H-pyrrole nitrogens is 1. The lowest BCUT2D eigenvalue weighted by Crippen LogP contribution is -2.66. The number of carbonyl (C=O) groups is 1. The molecule has 0 radical (unpaired) electrons. The Balaban J connectivity index is 1.34. The smallest absolute Gasteiger partial charge is 0.407 e. The van der Waals surface area contributed by atoms with Gasteiger partial charge in [0.2, 0.25) is 0 Å². The van der Waals surface area contributed by atoms with Crippen molar-refractivity contribution in [3.63, 3.8) is 0 Å². The SMILES string of the molecule is N#CCC1(n2cc(-c3ncnc4[nH]ccc34)cn2)CN(C2CCN(C(=O)O)CC2)C1. The average Bonchev–Trinajstić information content (AvgIpc) is 3.40. The zero-order valence-corrected chi connectivity index (χ0v) is 16.4. The summed E-state index contributed by atoms with van der Waals surface area (Å²) in [5, 5.41) is 24.1. The van der Waals surface area contributed by atoms with Crippen LogP contribution in [0.5, 0.6) is 0 Å². The van der Waals surface area contributed by atoms with Gasteiger partial charge in [-0.3, -0.25) is 9.58 Å². The van der Waals surface area contributed by atoms with Crippen molar-refractivity contribution >= 4 is 17.1 Å². The second-order valence-corrected chi connectivity index (χ2v) is 8.10. The summed E-state index contributed by atoms with van der Waals surface area (Å²) in [6.07, 6.45) is 8.31. The summed E-state index contributed by atoms with van der Waals surface area (Å²) >= 11 is 0. The predicted molar refractivity (Wildman–Crippen MR) is 108 cm³/mol. The van der Waals surface area contributed by atoms with Gasteiger partial charge in [-0.1, -0.05) is 0 Å². The summed E-state index contributed by atoms with van der Waals surface area (Å²) < 4.78 is 1.91. The van der Waals surface area contributed by atoms with Gasteiger partial charge in [0.25, 0.3) is 0 Å². The van der Waals surface area contributed by atoms with Crippen molar-refractivity contribution in [2.75, 3.05) is 26.2 Å². The van der Waals surface area contributed by atoms with E-state index in [1.54, 1.807) is 6.20 Å². The first-order valence-electron chi connectivity index (χ1n) is 10.0. The van der Waals surface area contributed by atoms with Crippen LogP contribution in [0.15, 0.2) is 31.0 Å². The minimum absolute atomic E-state index is 0.351. The summed E-state index contributed by atoms with van der Waals surface area (Å²) in [4.78, 5) is 26.7. The second kappa shape index (κ2) is 7.11. The Labute approximate surface area is 172 Å². The molecule has 154 valence electrons. The summed E-state index contributed by atoms with van der Waals surface area (Å²) in [6.45, 7) is 2.60. The van der Waals surface area contributed by atoms with Gasteiger partial charge in [0, 0.05) is 55.6 Å². The Hall–Kier alpha value is -3.45. The van der Waals surface area contributed by atoms with Crippen LogP contribution in [0.3, 0.4) is 0 Å². The molecule has 2 saturated heterocycles. The summed E-state index contributed by atoms with van der Waals surface area (Å²) in [5.74, 6) is 0. The van der Waals surface area contributed by atoms with E-state index in [-0.39, 0.29) is 5.54 Å². The minimum atomic E-state index is -0.846. The second-order valence-electron chi connectivity index (χ2n) is 8.10. The number of fused-ring (bicyclic) bond motifs is 1. The van der Waals surface area contributed by atoms with Crippen LogP contribution in [0.2, 0.25) is 0 Å². The molecule has 0 saturated carbocycles. The van der Waals surface area contributed by atoms with Crippen LogP contribution >= 0.6 is 0 Å².